The van der Waals surface area contributed by atoms with Crippen LogP contribution in [0.2, 0.25) is 0 Å². The average Bonchev–Trinajstić information content (AvgIpc) is 2.93. The average molecular weight is 343 g/mol. The number of rotatable bonds is 5. The smallest absolute Gasteiger partial charge is 0.343 e. The molecule has 23 heavy (non-hydrogen) atoms. The van der Waals surface area contributed by atoms with Gasteiger partial charge in [-0.15, -0.1) is 12.4 Å². The second-order valence-electron chi connectivity index (χ2n) is 5.60. The number of ether oxygens (including phenoxy) is 2. The Morgan fingerprint density at radius 1 is 1.35 bits per heavy atom. The normalized spacial score (nSPS) is 19.6. The van der Waals surface area contributed by atoms with Crippen LogP contribution in [0, 0.1) is 12.8 Å². The topological polar surface area (TPSA) is 90.6 Å². The molecule has 1 aromatic carbocycles. The van der Waals surface area contributed by atoms with Gasteiger partial charge in [-0.25, -0.2) is 4.79 Å². The second-order valence-corrected chi connectivity index (χ2v) is 5.60. The first-order chi connectivity index (χ1) is 10.5. The molecule has 0 aliphatic heterocycles. The molecule has 0 bridgehead atoms. The first-order valence-electron chi connectivity index (χ1n) is 7.36. The number of nitrogens with two attached hydrogens (primary N) is 1. The lowest BCUT2D eigenvalue weighted by atomic mass is 10.1. The number of anilines is 1. The van der Waals surface area contributed by atoms with Crippen LogP contribution in [0.25, 0.3) is 0 Å². The van der Waals surface area contributed by atoms with Gasteiger partial charge in [0, 0.05) is 17.6 Å². The number of hydrogen-bond donors (Lipinski definition) is 2. The van der Waals surface area contributed by atoms with Crippen LogP contribution in [-0.4, -0.2) is 31.6 Å². The van der Waals surface area contributed by atoms with E-state index < -0.39 is 5.97 Å². The Bertz CT molecular complexity index is 565. The van der Waals surface area contributed by atoms with Gasteiger partial charge in [0.15, 0.2) is 6.61 Å². The molecule has 1 fully saturated rings. The molecule has 2 rings (SSSR count). The van der Waals surface area contributed by atoms with Crippen molar-refractivity contribution in [3.8, 4) is 5.75 Å². The Morgan fingerprint density at radius 2 is 2.09 bits per heavy atom. The lowest BCUT2D eigenvalue weighted by Crippen LogP contribution is -2.23. The van der Waals surface area contributed by atoms with Gasteiger partial charge in [-0.3, -0.25) is 4.79 Å². The molecule has 128 valence electrons. The number of hydrogen-bond acceptors (Lipinski definition) is 5. The number of amides is 1. The number of carbonyl (C=O) groups excluding carboxylic acids is 2. The monoisotopic (exact) mass is 342 g/mol. The van der Waals surface area contributed by atoms with Crippen LogP contribution in [0.5, 0.6) is 5.75 Å². The Hall–Kier alpha value is -1.79. The molecule has 0 saturated heterocycles. The molecule has 1 aliphatic carbocycles. The third-order valence-corrected chi connectivity index (χ3v) is 3.88. The van der Waals surface area contributed by atoms with Crippen molar-refractivity contribution < 1.29 is 19.1 Å². The summed E-state index contributed by atoms with van der Waals surface area (Å²) in [5.41, 5.74) is 7.46. The van der Waals surface area contributed by atoms with E-state index in [2.05, 4.69) is 10.1 Å². The first kappa shape index (κ1) is 19.3. The minimum atomic E-state index is -0.437. The zero-order valence-corrected chi connectivity index (χ0v) is 14.2. The fourth-order valence-corrected chi connectivity index (χ4v) is 2.56. The number of benzene rings is 1. The van der Waals surface area contributed by atoms with Gasteiger partial charge in [-0.2, -0.15) is 0 Å². The van der Waals surface area contributed by atoms with Gasteiger partial charge in [0.05, 0.1) is 7.11 Å². The number of halogens is 1. The van der Waals surface area contributed by atoms with E-state index in [1.165, 1.54) is 7.11 Å². The summed E-state index contributed by atoms with van der Waals surface area (Å²) in [6.07, 6.45) is 2.48. The summed E-state index contributed by atoms with van der Waals surface area (Å²) in [6, 6.07) is 5.39. The van der Waals surface area contributed by atoms with Gasteiger partial charge >= 0.3 is 5.97 Å². The second kappa shape index (κ2) is 8.74. The van der Waals surface area contributed by atoms with Gasteiger partial charge in [0.1, 0.15) is 5.75 Å². The van der Waals surface area contributed by atoms with Crippen LogP contribution in [-0.2, 0) is 14.3 Å². The van der Waals surface area contributed by atoms with E-state index in [4.69, 9.17) is 10.5 Å². The summed E-state index contributed by atoms with van der Waals surface area (Å²) in [6.45, 7) is 1.74. The Balaban J connectivity index is 0.00000264. The van der Waals surface area contributed by atoms with Gasteiger partial charge in [0.2, 0.25) is 5.91 Å². The molecule has 1 aliphatic rings. The largest absolute Gasteiger partial charge is 0.482 e. The molecule has 1 saturated carbocycles. The van der Waals surface area contributed by atoms with Crippen LogP contribution >= 0.6 is 12.4 Å². The molecule has 2 atom stereocenters. The van der Waals surface area contributed by atoms with E-state index in [9.17, 15) is 9.59 Å². The molecular weight excluding hydrogens is 320 g/mol. The van der Waals surface area contributed by atoms with Crippen molar-refractivity contribution in [2.75, 3.05) is 19.0 Å². The molecule has 0 aromatic heterocycles. The summed E-state index contributed by atoms with van der Waals surface area (Å²) >= 11 is 0. The van der Waals surface area contributed by atoms with Gasteiger partial charge in [-0.05, 0) is 49.9 Å². The van der Waals surface area contributed by atoms with E-state index in [-0.39, 0.29) is 36.9 Å². The molecule has 7 heteroatoms. The van der Waals surface area contributed by atoms with Crippen molar-refractivity contribution in [2.24, 2.45) is 11.7 Å². The maximum absolute atomic E-state index is 12.2. The number of nitrogens with one attached hydrogen (secondary N) is 1. The summed E-state index contributed by atoms with van der Waals surface area (Å²) in [5, 5.41) is 2.93. The van der Waals surface area contributed by atoms with Crippen LogP contribution in [0.1, 0.15) is 24.8 Å². The molecule has 6 nitrogen and oxygen atoms in total. The van der Waals surface area contributed by atoms with Crippen LogP contribution in [0.3, 0.4) is 0 Å². The highest BCUT2D eigenvalue weighted by Crippen LogP contribution is 2.27. The molecular formula is C16H23ClN2O4. The minimum Gasteiger partial charge on any atom is -0.482 e. The van der Waals surface area contributed by atoms with E-state index in [0.717, 1.165) is 30.5 Å². The van der Waals surface area contributed by atoms with Gasteiger partial charge in [-0.1, -0.05) is 0 Å². The predicted molar refractivity (Wildman–Crippen MR) is 89.9 cm³/mol. The van der Waals surface area contributed by atoms with Gasteiger partial charge in [0.25, 0.3) is 0 Å². The summed E-state index contributed by atoms with van der Waals surface area (Å²) in [7, 11) is 1.31. The molecule has 0 radical (unpaired) electrons. The van der Waals surface area contributed by atoms with Crippen LogP contribution in [0.4, 0.5) is 5.69 Å². The number of esters is 1. The van der Waals surface area contributed by atoms with Gasteiger partial charge < -0.3 is 20.5 Å². The fraction of sp³-hybridized carbons (Fsp3) is 0.500. The van der Waals surface area contributed by atoms with E-state index >= 15 is 0 Å². The standard InChI is InChI=1S/C16H22N2O4.ClH/c1-10-7-13(22-9-15(19)21-2)5-6-14(10)18-16(20)11-3-4-12(17)8-11;/h5-7,11-12H,3-4,8-9,17H2,1-2H3,(H,18,20);1H. The third kappa shape index (κ3) is 5.41. The van der Waals surface area contributed by atoms with Crippen molar-refractivity contribution in [1.82, 2.24) is 0 Å². The maximum Gasteiger partial charge on any atom is 0.343 e. The Morgan fingerprint density at radius 3 is 2.65 bits per heavy atom. The molecule has 2 unspecified atom stereocenters. The predicted octanol–water partition coefficient (Wildman–Crippen LogP) is 2.03. The Labute approximate surface area is 142 Å². The number of methoxy groups -OCH3 is 1. The Kier molecular flexibility index (Phi) is 7.32. The fourth-order valence-electron chi connectivity index (χ4n) is 2.56. The number of carbonyl (C=O) groups is 2. The molecule has 3 N–H and O–H groups in total. The van der Waals surface area contributed by atoms with Crippen molar-refractivity contribution in [3.63, 3.8) is 0 Å². The third-order valence-electron chi connectivity index (χ3n) is 3.88. The summed E-state index contributed by atoms with van der Waals surface area (Å²) in [4.78, 5) is 23.2. The SMILES string of the molecule is COC(=O)COc1ccc(NC(=O)C2CCC(N)C2)c(C)c1.Cl. The van der Waals surface area contributed by atoms with E-state index in [1.807, 2.05) is 6.92 Å². The number of aryl methyl sites for hydroxylation is 1. The van der Waals surface area contributed by atoms with E-state index in [1.54, 1.807) is 18.2 Å². The minimum absolute atomic E-state index is 0. The highest BCUT2D eigenvalue weighted by Gasteiger charge is 2.27. The quantitative estimate of drug-likeness (QED) is 0.799. The summed E-state index contributed by atoms with van der Waals surface area (Å²) < 4.78 is 9.82. The summed E-state index contributed by atoms with van der Waals surface area (Å²) in [5.74, 6) is 0.125. The lowest BCUT2D eigenvalue weighted by molar-refractivity contribution is -0.142. The maximum atomic E-state index is 12.2. The zero-order chi connectivity index (χ0) is 16.1. The van der Waals surface area contributed by atoms with Crippen molar-refractivity contribution in [1.29, 1.82) is 0 Å². The van der Waals surface area contributed by atoms with Crippen molar-refractivity contribution in [3.05, 3.63) is 23.8 Å². The van der Waals surface area contributed by atoms with Crippen LogP contribution < -0.4 is 15.8 Å². The molecule has 1 amide bonds. The highest BCUT2D eigenvalue weighted by molar-refractivity contribution is 5.93. The first-order valence-corrected chi connectivity index (χ1v) is 7.36. The molecule has 1 aromatic rings. The van der Waals surface area contributed by atoms with Crippen molar-refractivity contribution >= 4 is 30.0 Å². The zero-order valence-electron chi connectivity index (χ0n) is 13.3. The van der Waals surface area contributed by atoms with E-state index in [0.29, 0.717) is 5.75 Å². The molecule has 0 spiro atoms. The van der Waals surface area contributed by atoms with Crippen LogP contribution in [0.15, 0.2) is 18.2 Å². The highest BCUT2D eigenvalue weighted by atomic mass is 35.5. The lowest BCUT2D eigenvalue weighted by Gasteiger charge is -2.14. The molecule has 0 heterocycles. The van der Waals surface area contributed by atoms with Crippen molar-refractivity contribution in [2.45, 2.75) is 32.2 Å².